The molecule has 3 aromatic rings. The second-order valence-corrected chi connectivity index (χ2v) is 7.12. The van der Waals surface area contributed by atoms with Crippen LogP contribution in [0.15, 0.2) is 54.9 Å². The van der Waals surface area contributed by atoms with Gasteiger partial charge in [0, 0.05) is 31.0 Å². The van der Waals surface area contributed by atoms with Crippen molar-refractivity contribution in [3.8, 4) is 0 Å². The first-order valence-electron chi connectivity index (χ1n) is 9.30. The zero-order valence-electron chi connectivity index (χ0n) is 16.7. The Morgan fingerprint density at radius 2 is 1.18 bits per heavy atom. The number of nitrogens with zero attached hydrogens (tertiary/aromatic N) is 3. The average molecular weight is 497 g/mol. The number of benzene rings is 2. The second kappa shape index (κ2) is 9.11. The molecule has 2 aromatic carbocycles. The van der Waals surface area contributed by atoms with Gasteiger partial charge in [0.25, 0.3) is 0 Å². The molecule has 182 valence electrons. The molecule has 13 heteroatoms. The fourth-order valence-electron chi connectivity index (χ4n) is 3.06. The average Bonchev–Trinajstić information content (AvgIpc) is 2.73. The van der Waals surface area contributed by atoms with Crippen LogP contribution < -0.4 is 4.90 Å². The predicted molar refractivity (Wildman–Crippen MR) is 99.8 cm³/mol. The molecule has 3 rings (SSSR count). The summed E-state index contributed by atoms with van der Waals surface area (Å²) in [7, 11) is 0. The maximum absolute atomic E-state index is 14.3. The SMILES string of the molecule is Fc1ccc(C(F)(F)F)cc1CN(Cc1cc(C(F)(F)F)cc(C(F)(F)F)c1)c1ncccn1. The molecule has 0 unspecified atom stereocenters. The topological polar surface area (TPSA) is 29.0 Å². The van der Waals surface area contributed by atoms with E-state index in [1.807, 2.05) is 0 Å². The molecule has 3 nitrogen and oxygen atoms in total. The second-order valence-electron chi connectivity index (χ2n) is 7.12. The third kappa shape index (κ3) is 6.14. The maximum atomic E-state index is 14.3. The van der Waals surface area contributed by atoms with E-state index < -0.39 is 65.3 Å². The molecule has 34 heavy (non-hydrogen) atoms. The van der Waals surface area contributed by atoms with Crippen molar-refractivity contribution in [2.24, 2.45) is 0 Å². The van der Waals surface area contributed by atoms with Crippen molar-refractivity contribution >= 4 is 5.95 Å². The van der Waals surface area contributed by atoms with E-state index in [0.29, 0.717) is 30.3 Å². The maximum Gasteiger partial charge on any atom is 0.416 e. The summed E-state index contributed by atoms with van der Waals surface area (Å²) in [5.74, 6) is -1.31. The molecule has 0 spiro atoms. The Kier molecular flexibility index (Phi) is 6.76. The highest BCUT2D eigenvalue weighted by Crippen LogP contribution is 2.37. The number of aromatic nitrogens is 2. The summed E-state index contributed by atoms with van der Waals surface area (Å²) in [4.78, 5) is 8.65. The summed E-state index contributed by atoms with van der Waals surface area (Å²) in [6.45, 7) is -1.36. The van der Waals surface area contributed by atoms with Gasteiger partial charge in [-0.25, -0.2) is 14.4 Å². The number of rotatable bonds is 5. The fourth-order valence-corrected chi connectivity index (χ4v) is 3.06. The van der Waals surface area contributed by atoms with Crippen LogP contribution in [0.5, 0.6) is 0 Å². The van der Waals surface area contributed by atoms with Crippen LogP contribution in [0.25, 0.3) is 0 Å². The lowest BCUT2D eigenvalue weighted by Gasteiger charge is -2.24. The monoisotopic (exact) mass is 497 g/mol. The minimum Gasteiger partial charge on any atom is -0.332 e. The highest BCUT2D eigenvalue weighted by atomic mass is 19.4. The van der Waals surface area contributed by atoms with Crippen LogP contribution in [0, 0.1) is 5.82 Å². The Morgan fingerprint density at radius 1 is 0.647 bits per heavy atom. The number of halogens is 10. The highest BCUT2D eigenvalue weighted by Gasteiger charge is 2.37. The van der Waals surface area contributed by atoms with Gasteiger partial charge in [-0.2, -0.15) is 39.5 Å². The van der Waals surface area contributed by atoms with Gasteiger partial charge in [0.15, 0.2) is 0 Å². The van der Waals surface area contributed by atoms with E-state index in [2.05, 4.69) is 9.97 Å². The van der Waals surface area contributed by atoms with Crippen LogP contribution in [-0.4, -0.2) is 9.97 Å². The summed E-state index contributed by atoms with van der Waals surface area (Å²) in [6, 6.07) is 3.80. The van der Waals surface area contributed by atoms with Gasteiger partial charge in [0.1, 0.15) is 5.82 Å². The van der Waals surface area contributed by atoms with Crippen molar-refractivity contribution in [2.75, 3.05) is 4.90 Å². The van der Waals surface area contributed by atoms with E-state index in [1.165, 1.54) is 18.5 Å². The molecular weight excluding hydrogens is 484 g/mol. The van der Waals surface area contributed by atoms with Gasteiger partial charge in [-0.1, -0.05) is 0 Å². The van der Waals surface area contributed by atoms with Gasteiger partial charge in [0.05, 0.1) is 16.7 Å². The van der Waals surface area contributed by atoms with Crippen LogP contribution >= 0.6 is 0 Å². The standard InChI is InChI=1S/C21H13F10N3/c22-17-3-2-14(19(23,24)25)8-13(17)11-34(18-32-4-1-5-33-18)10-12-6-15(20(26,27)28)9-16(7-12)21(29,30)31/h1-9H,10-11H2. The zero-order chi connectivity index (χ0) is 25.3. The van der Waals surface area contributed by atoms with E-state index >= 15 is 0 Å². The fraction of sp³-hybridized carbons (Fsp3) is 0.238. The molecule has 0 aliphatic heterocycles. The Balaban J connectivity index is 2.06. The number of alkyl halides is 9. The molecule has 0 radical (unpaired) electrons. The van der Waals surface area contributed by atoms with Crippen LogP contribution in [0.3, 0.4) is 0 Å². The molecule has 0 aliphatic carbocycles. The molecular formula is C21H13F10N3. The Labute approximate surface area is 185 Å². The van der Waals surface area contributed by atoms with Crippen molar-refractivity contribution in [3.05, 3.63) is 88.5 Å². The number of hydrogen-bond acceptors (Lipinski definition) is 3. The molecule has 0 saturated heterocycles. The van der Waals surface area contributed by atoms with Crippen LogP contribution in [0.2, 0.25) is 0 Å². The normalized spacial score (nSPS) is 12.6. The van der Waals surface area contributed by atoms with Crippen molar-refractivity contribution < 1.29 is 43.9 Å². The lowest BCUT2D eigenvalue weighted by atomic mass is 10.0. The van der Waals surface area contributed by atoms with Crippen molar-refractivity contribution in [1.82, 2.24) is 9.97 Å². The predicted octanol–water partition coefficient (Wildman–Crippen LogP) is 6.88. The van der Waals surface area contributed by atoms with E-state index in [4.69, 9.17) is 0 Å². The molecule has 0 saturated carbocycles. The van der Waals surface area contributed by atoms with Crippen LogP contribution in [-0.2, 0) is 31.6 Å². The molecule has 0 aliphatic rings. The lowest BCUT2D eigenvalue weighted by Crippen LogP contribution is -2.25. The van der Waals surface area contributed by atoms with Crippen LogP contribution in [0.1, 0.15) is 27.8 Å². The summed E-state index contributed by atoms with van der Waals surface area (Å²) < 4.78 is 133. The molecule has 0 fully saturated rings. The van der Waals surface area contributed by atoms with Gasteiger partial charge in [-0.3, -0.25) is 0 Å². The van der Waals surface area contributed by atoms with Crippen molar-refractivity contribution in [2.45, 2.75) is 31.6 Å². The summed E-state index contributed by atoms with van der Waals surface area (Å²) >= 11 is 0. The number of hydrogen-bond donors (Lipinski definition) is 0. The lowest BCUT2D eigenvalue weighted by molar-refractivity contribution is -0.143. The number of anilines is 1. The molecule has 0 atom stereocenters. The van der Waals surface area contributed by atoms with E-state index in [0.717, 1.165) is 4.90 Å². The first kappa shape index (κ1) is 25.2. The van der Waals surface area contributed by atoms with Gasteiger partial charge in [-0.15, -0.1) is 0 Å². The minimum absolute atomic E-state index is 0.0562. The minimum atomic E-state index is -5.10. The molecule has 1 aromatic heterocycles. The van der Waals surface area contributed by atoms with E-state index in [1.54, 1.807) is 0 Å². The third-order valence-electron chi connectivity index (χ3n) is 4.59. The summed E-state index contributed by atoms with van der Waals surface area (Å²) in [6.07, 6.45) is -12.6. The Morgan fingerprint density at radius 3 is 1.68 bits per heavy atom. The highest BCUT2D eigenvalue weighted by molar-refractivity contribution is 5.39. The van der Waals surface area contributed by atoms with Crippen molar-refractivity contribution in [1.29, 1.82) is 0 Å². The van der Waals surface area contributed by atoms with Crippen molar-refractivity contribution in [3.63, 3.8) is 0 Å². The van der Waals surface area contributed by atoms with E-state index in [9.17, 15) is 43.9 Å². The van der Waals surface area contributed by atoms with Crippen LogP contribution in [0.4, 0.5) is 49.9 Å². The molecule has 1 heterocycles. The molecule has 0 bridgehead atoms. The molecule has 0 N–H and O–H groups in total. The largest absolute Gasteiger partial charge is 0.416 e. The van der Waals surface area contributed by atoms with Gasteiger partial charge < -0.3 is 4.90 Å². The zero-order valence-corrected chi connectivity index (χ0v) is 16.7. The molecule has 0 amide bonds. The first-order chi connectivity index (χ1) is 15.6. The quantitative estimate of drug-likeness (QED) is 0.360. The van der Waals surface area contributed by atoms with Gasteiger partial charge >= 0.3 is 18.5 Å². The summed E-state index contributed by atoms with van der Waals surface area (Å²) in [5.41, 5.74) is -5.32. The third-order valence-corrected chi connectivity index (χ3v) is 4.59. The Hall–Kier alpha value is -3.38. The Bertz CT molecular complexity index is 1110. The van der Waals surface area contributed by atoms with E-state index in [-0.39, 0.29) is 12.0 Å². The summed E-state index contributed by atoms with van der Waals surface area (Å²) in [5, 5.41) is 0. The first-order valence-corrected chi connectivity index (χ1v) is 9.30. The smallest absolute Gasteiger partial charge is 0.332 e. The van der Waals surface area contributed by atoms with Gasteiger partial charge in [0.2, 0.25) is 5.95 Å². The van der Waals surface area contributed by atoms with Gasteiger partial charge in [-0.05, 0) is 48.0 Å².